The molecule has 1 aliphatic heterocycles. The van der Waals surface area contributed by atoms with Crippen LogP contribution in [-0.4, -0.2) is 25.0 Å². The van der Waals surface area contributed by atoms with Crippen molar-refractivity contribution in [1.29, 1.82) is 0 Å². The third kappa shape index (κ3) is 1.42. The molecular weight excluding hydrogens is 119 g/mol. The van der Waals surface area contributed by atoms with E-state index in [0.29, 0.717) is 11.4 Å². The first-order chi connectivity index (χ1) is 3.83. The quantitative estimate of drug-likeness (QED) is 0.476. The van der Waals surface area contributed by atoms with Crippen molar-refractivity contribution in [2.75, 3.05) is 5.75 Å². The molecule has 0 aromatic carbocycles. The lowest BCUT2D eigenvalue weighted by molar-refractivity contribution is 0.114. The molecule has 1 saturated heterocycles. The second-order valence-electron chi connectivity index (χ2n) is 2.12. The van der Waals surface area contributed by atoms with Gasteiger partial charge in [-0.25, -0.2) is 0 Å². The van der Waals surface area contributed by atoms with E-state index in [1.807, 2.05) is 11.8 Å². The van der Waals surface area contributed by atoms with Crippen LogP contribution in [0.5, 0.6) is 0 Å². The van der Waals surface area contributed by atoms with Gasteiger partial charge in [0.2, 0.25) is 0 Å². The van der Waals surface area contributed by atoms with Crippen LogP contribution in [0.25, 0.3) is 0 Å². The molecule has 3 heteroatoms. The first-order valence-corrected chi connectivity index (χ1v) is 4.15. The van der Waals surface area contributed by atoms with Gasteiger partial charge in [-0.05, 0) is 6.42 Å². The summed E-state index contributed by atoms with van der Waals surface area (Å²) >= 11 is 1.93. The molecule has 8 heavy (non-hydrogen) atoms. The van der Waals surface area contributed by atoms with Crippen molar-refractivity contribution in [3.63, 3.8) is 0 Å². The Hall–Kier alpha value is 0.375. The number of rotatable bonds is 1. The maximum atomic E-state index is 5.47. The molecule has 0 aliphatic carbocycles. The average Bonchev–Trinajstić information content (AvgIpc) is 2.14. The first-order valence-electron chi connectivity index (χ1n) is 3.10. The molecule has 1 heterocycles. The Balaban J connectivity index is 2.22. The van der Waals surface area contributed by atoms with Crippen LogP contribution >= 0.6 is 11.8 Å². The predicted molar refractivity (Wildman–Crippen MR) is 40.0 cm³/mol. The average molecular weight is 130 g/mol. The minimum absolute atomic E-state index is 0.491. The number of thioether (sulfide) groups is 1. The SMILES string of the molecule is B[C@@H]1CS[C@H](CC)O1. The van der Waals surface area contributed by atoms with E-state index in [1.54, 1.807) is 0 Å². The molecule has 46 valence electrons. The summed E-state index contributed by atoms with van der Waals surface area (Å²) < 4.78 is 5.47. The van der Waals surface area contributed by atoms with Crippen LogP contribution in [0.2, 0.25) is 0 Å². The standard InChI is InChI=1S/C5H11BOS/c1-2-5-7-4(6)3-8-5/h4-5H,2-3,6H2,1H3/t4-,5+/m0/s1. The van der Waals surface area contributed by atoms with E-state index < -0.39 is 0 Å². The molecule has 1 fully saturated rings. The summed E-state index contributed by atoms with van der Waals surface area (Å²) in [5.74, 6) is 1.18. The van der Waals surface area contributed by atoms with E-state index in [-0.39, 0.29) is 0 Å². The van der Waals surface area contributed by atoms with Gasteiger partial charge in [0.25, 0.3) is 0 Å². The van der Waals surface area contributed by atoms with Crippen molar-refractivity contribution in [2.45, 2.75) is 24.8 Å². The maximum Gasteiger partial charge on any atom is 0.140 e. The highest BCUT2D eigenvalue weighted by Gasteiger charge is 2.19. The van der Waals surface area contributed by atoms with Crippen molar-refractivity contribution in [3.8, 4) is 0 Å². The van der Waals surface area contributed by atoms with Crippen molar-refractivity contribution < 1.29 is 4.74 Å². The normalized spacial score (nSPS) is 38.1. The van der Waals surface area contributed by atoms with Crippen molar-refractivity contribution >= 4 is 19.6 Å². The molecule has 0 N–H and O–H groups in total. The minimum Gasteiger partial charge on any atom is -0.373 e. The topological polar surface area (TPSA) is 9.23 Å². The summed E-state index contributed by atoms with van der Waals surface area (Å²) in [5.41, 5.74) is 0.491. The molecule has 0 aromatic rings. The van der Waals surface area contributed by atoms with E-state index in [0.717, 1.165) is 6.42 Å². The molecule has 0 radical (unpaired) electrons. The van der Waals surface area contributed by atoms with Crippen molar-refractivity contribution in [2.24, 2.45) is 0 Å². The van der Waals surface area contributed by atoms with Crippen LogP contribution in [0.15, 0.2) is 0 Å². The third-order valence-electron chi connectivity index (χ3n) is 1.23. The Morgan fingerprint density at radius 2 is 2.62 bits per heavy atom. The van der Waals surface area contributed by atoms with Gasteiger partial charge in [-0.15, -0.1) is 11.8 Å². The molecule has 1 rings (SSSR count). The van der Waals surface area contributed by atoms with Gasteiger partial charge in [0.05, 0.1) is 0 Å². The minimum atomic E-state index is 0.491. The summed E-state index contributed by atoms with van der Waals surface area (Å²) in [4.78, 5) is 0. The number of hydrogen-bond acceptors (Lipinski definition) is 2. The monoisotopic (exact) mass is 130 g/mol. The van der Waals surface area contributed by atoms with Gasteiger partial charge in [-0.1, -0.05) is 6.92 Å². The molecule has 0 unspecified atom stereocenters. The largest absolute Gasteiger partial charge is 0.373 e. The van der Waals surface area contributed by atoms with Crippen LogP contribution in [-0.2, 0) is 4.74 Å². The van der Waals surface area contributed by atoms with Crippen molar-refractivity contribution in [3.05, 3.63) is 0 Å². The van der Waals surface area contributed by atoms with Gasteiger partial charge in [0.1, 0.15) is 13.3 Å². The fraction of sp³-hybridized carbons (Fsp3) is 1.00. The Kier molecular flexibility index (Phi) is 2.26. The van der Waals surface area contributed by atoms with Crippen LogP contribution < -0.4 is 0 Å². The smallest absolute Gasteiger partial charge is 0.140 e. The highest BCUT2D eigenvalue weighted by molar-refractivity contribution is 8.00. The van der Waals surface area contributed by atoms with Crippen LogP contribution in [0, 0.1) is 0 Å². The summed E-state index contributed by atoms with van der Waals surface area (Å²) in [6.07, 6.45) is 1.15. The van der Waals surface area contributed by atoms with E-state index in [1.165, 1.54) is 5.75 Å². The fourth-order valence-electron chi connectivity index (χ4n) is 0.795. The predicted octanol–water partition coefficient (Wildman–Crippen LogP) is 0.445. The van der Waals surface area contributed by atoms with Crippen LogP contribution in [0.1, 0.15) is 13.3 Å². The third-order valence-corrected chi connectivity index (χ3v) is 2.71. The fourth-order valence-corrected chi connectivity index (χ4v) is 1.86. The molecule has 0 aromatic heterocycles. The second-order valence-corrected chi connectivity index (χ2v) is 3.31. The maximum absolute atomic E-state index is 5.47. The molecule has 0 amide bonds. The van der Waals surface area contributed by atoms with Crippen molar-refractivity contribution in [1.82, 2.24) is 0 Å². The Labute approximate surface area is 55.6 Å². The lowest BCUT2D eigenvalue weighted by Crippen LogP contribution is -2.10. The van der Waals surface area contributed by atoms with E-state index >= 15 is 0 Å². The van der Waals surface area contributed by atoms with Crippen LogP contribution in [0.4, 0.5) is 0 Å². The highest BCUT2D eigenvalue weighted by atomic mass is 32.2. The zero-order chi connectivity index (χ0) is 5.98. The van der Waals surface area contributed by atoms with Gasteiger partial charge in [0, 0.05) is 11.8 Å². The molecule has 1 aliphatic rings. The van der Waals surface area contributed by atoms with Crippen LogP contribution in [0.3, 0.4) is 0 Å². The second kappa shape index (κ2) is 2.78. The molecule has 0 spiro atoms. The summed E-state index contributed by atoms with van der Waals surface area (Å²) in [5, 5.41) is 0. The Morgan fingerprint density at radius 1 is 1.88 bits per heavy atom. The highest BCUT2D eigenvalue weighted by Crippen LogP contribution is 2.25. The number of ether oxygens (including phenoxy) is 1. The lowest BCUT2D eigenvalue weighted by atomic mass is 10.0. The molecule has 0 bridgehead atoms. The van der Waals surface area contributed by atoms with Gasteiger partial charge < -0.3 is 4.74 Å². The summed E-state index contributed by atoms with van der Waals surface area (Å²) in [7, 11) is 2.13. The lowest BCUT2D eigenvalue weighted by Gasteiger charge is -2.04. The zero-order valence-corrected chi connectivity index (χ0v) is 6.20. The Morgan fingerprint density at radius 3 is 2.88 bits per heavy atom. The van der Waals surface area contributed by atoms with E-state index in [9.17, 15) is 0 Å². The first kappa shape index (κ1) is 6.49. The summed E-state index contributed by atoms with van der Waals surface area (Å²) in [6, 6.07) is 0.491. The van der Waals surface area contributed by atoms with E-state index in [4.69, 9.17) is 4.74 Å². The van der Waals surface area contributed by atoms with Gasteiger partial charge in [-0.3, -0.25) is 0 Å². The molecular formula is C5H11BOS. The van der Waals surface area contributed by atoms with Gasteiger partial charge in [-0.2, -0.15) is 0 Å². The number of hydrogen-bond donors (Lipinski definition) is 0. The molecule has 0 saturated carbocycles. The van der Waals surface area contributed by atoms with E-state index in [2.05, 4.69) is 14.8 Å². The molecule has 2 atom stereocenters. The Bertz CT molecular complexity index is 78.8. The van der Waals surface area contributed by atoms with Gasteiger partial charge in [0.15, 0.2) is 0 Å². The summed E-state index contributed by atoms with van der Waals surface area (Å²) in [6.45, 7) is 2.16. The van der Waals surface area contributed by atoms with Gasteiger partial charge >= 0.3 is 0 Å². The molecule has 1 nitrogen and oxygen atoms in total. The zero-order valence-electron chi connectivity index (χ0n) is 5.39.